The maximum atomic E-state index is 11.1. The summed E-state index contributed by atoms with van der Waals surface area (Å²) < 4.78 is 15.3. The number of rotatable bonds is 6. The summed E-state index contributed by atoms with van der Waals surface area (Å²) in [6.07, 6.45) is 1.51. The van der Waals surface area contributed by atoms with Crippen LogP contribution in [0.15, 0.2) is 12.7 Å². The van der Waals surface area contributed by atoms with E-state index >= 15 is 0 Å². The number of hydrogen-bond acceptors (Lipinski definition) is 3. The van der Waals surface area contributed by atoms with E-state index in [-0.39, 0.29) is 12.8 Å². The van der Waals surface area contributed by atoms with Gasteiger partial charge in [0.2, 0.25) is 5.91 Å². The van der Waals surface area contributed by atoms with Crippen molar-refractivity contribution in [1.29, 1.82) is 0 Å². The minimum atomic E-state index is -4.64. The van der Waals surface area contributed by atoms with E-state index in [2.05, 4.69) is 16.4 Å². The van der Waals surface area contributed by atoms with E-state index < -0.39 is 19.5 Å². The van der Waals surface area contributed by atoms with Crippen molar-refractivity contribution in [2.75, 3.05) is 0 Å². The molecule has 0 aromatic rings. The zero-order chi connectivity index (χ0) is 12.1. The van der Waals surface area contributed by atoms with Crippen LogP contribution < -0.4 is 5.32 Å². The third-order valence-electron chi connectivity index (χ3n) is 1.97. The number of carbonyl (C=O) groups is 1. The summed E-state index contributed by atoms with van der Waals surface area (Å²) in [5.74, 6) is -0.535. The standard InChI is InChI=1S/C8H16NO5P/c1-4-7(10)9-8(5-2,6-3)14-15(11,12)13/h4H,1,5-6H2,2-3H3,(H,9,10)(H2,11,12,13). The Labute approximate surface area is 88.6 Å². The smallest absolute Gasteiger partial charge is 0.324 e. The average molecular weight is 237 g/mol. The molecule has 1 amide bonds. The molecule has 0 saturated carbocycles. The van der Waals surface area contributed by atoms with Crippen LogP contribution in [0.3, 0.4) is 0 Å². The molecule has 0 spiro atoms. The highest BCUT2D eigenvalue weighted by atomic mass is 31.2. The third kappa shape index (κ3) is 5.09. The summed E-state index contributed by atoms with van der Waals surface area (Å²) in [6, 6.07) is 0. The van der Waals surface area contributed by atoms with Gasteiger partial charge in [-0.25, -0.2) is 4.57 Å². The van der Waals surface area contributed by atoms with Gasteiger partial charge in [-0.1, -0.05) is 20.4 Å². The van der Waals surface area contributed by atoms with Crippen LogP contribution in [0, 0.1) is 0 Å². The fourth-order valence-corrected chi connectivity index (χ4v) is 1.84. The molecule has 88 valence electrons. The fourth-order valence-electron chi connectivity index (χ4n) is 1.08. The number of phosphoric acid groups is 1. The monoisotopic (exact) mass is 237 g/mol. The molecule has 0 rings (SSSR count). The van der Waals surface area contributed by atoms with Crippen LogP contribution in [-0.4, -0.2) is 21.4 Å². The lowest BCUT2D eigenvalue weighted by molar-refractivity contribution is -0.123. The van der Waals surface area contributed by atoms with Gasteiger partial charge in [-0.05, 0) is 18.9 Å². The van der Waals surface area contributed by atoms with Gasteiger partial charge in [0.15, 0.2) is 5.72 Å². The summed E-state index contributed by atoms with van der Waals surface area (Å²) >= 11 is 0. The van der Waals surface area contributed by atoms with Crippen molar-refractivity contribution >= 4 is 13.7 Å². The number of carbonyl (C=O) groups excluding carboxylic acids is 1. The van der Waals surface area contributed by atoms with E-state index in [0.29, 0.717) is 0 Å². The van der Waals surface area contributed by atoms with Gasteiger partial charge in [-0.2, -0.15) is 0 Å². The van der Waals surface area contributed by atoms with Gasteiger partial charge in [0.25, 0.3) is 0 Å². The van der Waals surface area contributed by atoms with Crippen LogP contribution in [0.2, 0.25) is 0 Å². The van der Waals surface area contributed by atoms with Crippen molar-refractivity contribution < 1.29 is 23.7 Å². The van der Waals surface area contributed by atoms with Crippen molar-refractivity contribution in [1.82, 2.24) is 5.32 Å². The highest BCUT2D eigenvalue weighted by Gasteiger charge is 2.35. The van der Waals surface area contributed by atoms with Crippen LogP contribution in [0.25, 0.3) is 0 Å². The highest BCUT2D eigenvalue weighted by molar-refractivity contribution is 7.46. The first-order valence-electron chi connectivity index (χ1n) is 4.49. The molecule has 0 aliphatic rings. The first-order valence-corrected chi connectivity index (χ1v) is 6.02. The van der Waals surface area contributed by atoms with Gasteiger partial charge in [-0.3, -0.25) is 9.32 Å². The molecule has 0 unspecified atom stereocenters. The summed E-state index contributed by atoms with van der Waals surface area (Å²) in [5, 5.41) is 2.36. The number of phosphoric ester groups is 1. The molecule has 0 aliphatic heterocycles. The first kappa shape index (κ1) is 14.3. The molecule has 6 nitrogen and oxygen atoms in total. The van der Waals surface area contributed by atoms with Crippen LogP contribution in [0.5, 0.6) is 0 Å². The van der Waals surface area contributed by atoms with Crippen LogP contribution in [0.4, 0.5) is 0 Å². The van der Waals surface area contributed by atoms with E-state index in [4.69, 9.17) is 9.79 Å². The summed E-state index contributed by atoms with van der Waals surface area (Å²) in [4.78, 5) is 28.5. The Morgan fingerprint density at radius 1 is 1.53 bits per heavy atom. The molecule has 0 radical (unpaired) electrons. The van der Waals surface area contributed by atoms with E-state index in [9.17, 15) is 9.36 Å². The SMILES string of the molecule is C=CC(=O)NC(CC)(CC)OP(=O)(O)O. The average Bonchev–Trinajstić information content (AvgIpc) is 2.14. The second-order valence-electron chi connectivity index (χ2n) is 2.98. The molecule has 0 aromatic carbocycles. The van der Waals surface area contributed by atoms with Gasteiger partial charge in [0.05, 0.1) is 0 Å². The first-order chi connectivity index (χ1) is 6.78. The second-order valence-corrected chi connectivity index (χ2v) is 4.14. The van der Waals surface area contributed by atoms with Gasteiger partial charge < -0.3 is 15.1 Å². The molecule has 0 aromatic heterocycles. The maximum Gasteiger partial charge on any atom is 0.471 e. The summed E-state index contributed by atoms with van der Waals surface area (Å²) in [7, 11) is -4.64. The normalized spacial score (nSPS) is 12.3. The molecule has 0 heterocycles. The quantitative estimate of drug-likeness (QED) is 0.362. The summed E-state index contributed by atoms with van der Waals surface area (Å²) in [6.45, 7) is 6.56. The molecule has 0 saturated heterocycles. The molecule has 0 bridgehead atoms. The van der Waals surface area contributed by atoms with E-state index in [0.717, 1.165) is 6.08 Å². The molecule has 15 heavy (non-hydrogen) atoms. The molecule has 0 fully saturated rings. The Morgan fingerprint density at radius 3 is 2.27 bits per heavy atom. The van der Waals surface area contributed by atoms with Crippen molar-refractivity contribution in [3.05, 3.63) is 12.7 Å². The Morgan fingerprint density at radius 2 is 2.00 bits per heavy atom. The molecule has 7 heteroatoms. The van der Waals surface area contributed by atoms with Crippen molar-refractivity contribution in [2.45, 2.75) is 32.4 Å². The van der Waals surface area contributed by atoms with E-state index in [1.165, 1.54) is 0 Å². The predicted octanol–water partition coefficient (Wildman–Crippen LogP) is 0.914. The predicted molar refractivity (Wildman–Crippen MR) is 54.8 cm³/mol. The highest BCUT2D eigenvalue weighted by Crippen LogP contribution is 2.42. The third-order valence-corrected chi connectivity index (χ3v) is 2.56. The number of nitrogens with one attached hydrogen (secondary N) is 1. The molecular formula is C8H16NO5P. The second kappa shape index (κ2) is 5.42. The summed E-state index contributed by atoms with van der Waals surface area (Å²) in [5.41, 5.74) is -1.34. The van der Waals surface area contributed by atoms with Gasteiger partial charge in [0.1, 0.15) is 0 Å². The van der Waals surface area contributed by atoms with Crippen molar-refractivity contribution in [3.8, 4) is 0 Å². The van der Waals surface area contributed by atoms with E-state index in [1.807, 2.05) is 0 Å². The minimum Gasteiger partial charge on any atom is -0.324 e. The minimum absolute atomic E-state index is 0.244. The van der Waals surface area contributed by atoms with Gasteiger partial charge in [0, 0.05) is 0 Å². The largest absolute Gasteiger partial charge is 0.471 e. The van der Waals surface area contributed by atoms with Gasteiger partial charge >= 0.3 is 7.82 Å². The van der Waals surface area contributed by atoms with Crippen LogP contribution in [-0.2, 0) is 13.9 Å². The van der Waals surface area contributed by atoms with Crippen LogP contribution >= 0.6 is 7.82 Å². The Kier molecular flexibility index (Phi) is 5.17. The lowest BCUT2D eigenvalue weighted by Gasteiger charge is -2.32. The van der Waals surface area contributed by atoms with Crippen molar-refractivity contribution in [2.24, 2.45) is 0 Å². The van der Waals surface area contributed by atoms with Gasteiger partial charge in [-0.15, -0.1) is 0 Å². The Bertz CT molecular complexity index is 281. The topological polar surface area (TPSA) is 95.9 Å². The van der Waals surface area contributed by atoms with Crippen LogP contribution in [0.1, 0.15) is 26.7 Å². The number of hydrogen-bond donors (Lipinski definition) is 3. The van der Waals surface area contributed by atoms with Crippen molar-refractivity contribution in [3.63, 3.8) is 0 Å². The number of amides is 1. The fraction of sp³-hybridized carbons (Fsp3) is 0.625. The zero-order valence-electron chi connectivity index (χ0n) is 8.77. The molecule has 0 atom stereocenters. The zero-order valence-corrected chi connectivity index (χ0v) is 9.66. The Hall–Kier alpha value is -0.680. The molecular weight excluding hydrogens is 221 g/mol. The molecule has 3 N–H and O–H groups in total. The Balaban J connectivity index is 4.80. The lowest BCUT2D eigenvalue weighted by atomic mass is 10.1. The maximum absolute atomic E-state index is 11.1. The van der Waals surface area contributed by atoms with E-state index in [1.54, 1.807) is 13.8 Å². The molecule has 0 aliphatic carbocycles. The lowest BCUT2D eigenvalue weighted by Crippen LogP contribution is -2.48.